The summed E-state index contributed by atoms with van der Waals surface area (Å²) in [7, 11) is 0. The van der Waals surface area contributed by atoms with Crippen molar-refractivity contribution < 1.29 is 22.3 Å². The van der Waals surface area contributed by atoms with Crippen molar-refractivity contribution >= 4 is 17.8 Å². The summed E-state index contributed by atoms with van der Waals surface area (Å²) in [5, 5.41) is 0. The molecule has 0 fully saturated rings. The Labute approximate surface area is 203 Å². The number of nitrogens with zero attached hydrogens (tertiary/aromatic N) is 2. The van der Waals surface area contributed by atoms with Gasteiger partial charge in [-0.3, -0.25) is 0 Å². The van der Waals surface area contributed by atoms with Gasteiger partial charge in [0.15, 0.2) is 0 Å². The van der Waals surface area contributed by atoms with E-state index in [0.29, 0.717) is 35.7 Å². The molecule has 1 N–H and O–H groups in total. The van der Waals surface area contributed by atoms with E-state index in [0.717, 1.165) is 28.2 Å². The quantitative estimate of drug-likeness (QED) is 0.231. The lowest BCUT2D eigenvalue weighted by Gasteiger charge is -2.29. The van der Waals surface area contributed by atoms with Crippen LogP contribution in [-0.4, -0.2) is 16.6 Å². The standard InChI is InChI=1S/C26H19F4N3OS/c27-18-4-1-16(2-5-18)23-13-17(26(28,29)30)3-7-20(23)21-10-12-34-24-14-19(6-8-22(21)24)35-33-25-9-11-31-15-32-25/h1-9,11,13-15,21H,10,12H2,(H,31,32,33). The third kappa shape index (κ3) is 5.09. The Morgan fingerprint density at radius 1 is 0.943 bits per heavy atom. The van der Waals surface area contributed by atoms with Crippen LogP contribution >= 0.6 is 11.9 Å². The number of hydrogen-bond acceptors (Lipinski definition) is 5. The Morgan fingerprint density at radius 3 is 2.49 bits per heavy atom. The zero-order valence-corrected chi connectivity index (χ0v) is 19.0. The van der Waals surface area contributed by atoms with Crippen LogP contribution < -0.4 is 9.46 Å². The van der Waals surface area contributed by atoms with Crippen molar-refractivity contribution in [3.8, 4) is 16.9 Å². The van der Waals surface area contributed by atoms with Crippen LogP contribution in [0.25, 0.3) is 11.1 Å². The van der Waals surface area contributed by atoms with Crippen molar-refractivity contribution in [2.45, 2.75) is 23.4 Å². The number of rotatable bonds is 5. The Hall–Kier alpha value is -3.59. The maximum Gasteiger partial charge on any atom is 0.416 e. The van der Waals surface area contributed by atoms with E-state index in [2.05, 4.69) is 14.7 Å². The average molecular weight is 498 g/mol. The van der Waals surface area contributed by atoms with E-state index < -0.39 is 17.6 Å². The monoisotopic (exact) mass is 497 g/mol. The van der Waals surface area contributed by atoms with Crippen molar-refractivity contribution in [2.75, 3.05) is 11.3 Å². The molecule has 4 aromatic rings. The summed E-state index contributed by atoms with van der Waals surface area (Å²) >= 11 is 1.37. The maximum atomic E-state index is 13.5. The molecule has 0 amide bonds. The lowest BCUT2D eigenvalue weighted by atomic mass is 9.82. The van der Waals surface area contributed by atoms with Gasteiger partial charge < -0.3 is 9.46 Å². The van der Waals surface area contributed by atoms with Crippen molar-refractivity contribution in [2.24, 2.45) is 0 Å². The Bertz CT molecular complexity index is 1330. The molecule has 5 rings (SSSR count). The van der Waals surface area contributed by atoms with Gasteiger partial charge in [-0.15, -0.1) is 0 Å². The number of nitrogens with one attached hydrogen (secondary N) is 1. The zero-order valence-electron chi connectivity index (χ0n) is 18.2. The summed E-state index contributed by atoms with van der Waals surface area (Å²) in [6.07, 6.45) is -0.784. The van der Waals surface area contributed by atoms with Gasteiger partial charge in [-0.05, 0) is 77.5 Å². The van der Waals surface area contributed by atoms with Gasteiger partial charge in [0.1, 0.15) is 23.7 Å². The first-order valence-corrected chi connectivity index (χ1v) is 11.6. The molecule has 0 saturated heterocycles. The number of anilines is 1. The van der Waals surface area contributed by atoms with E-state index in [1.54, 1.807) is 12.3 Å². The number of halogens is 4. The van der Waals surface area contributed by atoms with Crippen LogP contribution in [0.2, 0.25) is 0 Å². The second-order valence-electron chi connectivity index (χ2n) is 7.99. The summed E-state index contributed by atoms with van der Waals surface area (Å²) in [6, 6.07) is 16.8. The highest BCUT2D eigenvalue weighted by Gasteiger charge is 2.33. The number of fused-ring (bicyclic) bond motifs is 1. The topological polar surface area (TPSA) is 47.0 Å². The molecule has 1 aromatic heterocycles. The minimum absolute atomic E-state index is 0.171. The fraction of sp³-hybridized carbons (Fsp3) is 0.154. The Kier molecular flexibility index (Phi) is 6.34. The van der Waals surface area contributed by atoms with E-state index in [1.807, 2.05) is 18.2 Å². The molecule has 0 spiro atoms. The smallest absolute Gasteiger partial charge is 0.416 e. The molecule has 0 radical (unpaired) electrons. The zero-order chi connectivity index (χ0) is 24.4. The normalized spacial score (nSPS) is 15.3. The largest absolute Gasteiger partial charge is 0.493 e. The summed E-state index contributed by atoms with van der Waals surface area (Å²) in [6.45, 7) is 0.426. The molecule has 3 aromatic carbocycles. The predicted molar refractivity (Wildman–Crippen MR) is 127 cm³/mol. The lowest BCUT2D eigenvalue weighted by Crippen LogP contribution is -2.16. The molecule has 1 atom stereocenters. The Morgan fingerprint density at radius 2 is 1.74 bits per heavy atom. The number of hydrogen-bond donors (Lipinski definition) is 1. The van der Waals surface area contributed by atoms with Crippen LogP contribution in [0.5, 0.6) is 5.75 Å². The second-order valence-corrected chi connectivity index (χ2v) is 8.87. The van der Waals surface area contributed by atoms with E-state index in [9.17, 15) is 17.6 Å². The first-order chi connectivity index (χ1) is 16.9. The van der Waals surface area contributed by atoms with E-state index in [-0.39, 0.29) is 5.92 Å². The van der Waals surface area contributed by atoms with Crippen LogP contribution in [0.15, 0.2) is 84.1 Å². The van der Waals surface area contributed by atoms with Gasteiger partial charge in [0.05, 0.1) is 12.2 Å². The molecule has 178 valence electrons. The average Bonchev–Trinajstić information content (AvgIpc) is 2.87. The number of aromatic nitrogens is 2. The van der Waals surface area contributed by atoms with Gasteiger partial charge in [0.2, 0.25) is 0 Å². The highest BCUT2D eigenvalue weighted by molar-refractivity contribution is 8.00. The third-order valence-corrected chi connectivity index (χ3v) is 6.59. The second kappa shape index (κ2) is 9.58. The SMILES string of the molecule is Fc1ccc(-c2cc(C(F)(F)F)ccc2C2CCOc3cc(SNc4ccncn4)ccc32)cc1. The molecular weight excluding hydrogens is 478 g/mol. The van der Waals surface area contributed by atoms with E-state index in [4.69, 9.17) is 4.74 Å². The van der Waals surface area contributed by atoms with Gasteiger partial charge >= 0.3 is 6.18 Å². The minimum atomic E-state index is -4.48. The van der Waals surface area contributed by atoms with Crippen molar-refractivity contribution in [1.82, 2.24) is 9.97 Å². The minimum Gasteiger partial charge on any atom is -0.493 e. The lowest BCUT2D eigenvalue weighted by molar-refractivity contribution is -0.137. The highest BCUT2D eigenvalue weighted by atomic mass is 32.2. The fourth-order valence-electron chi connectivity index (χ4n) is 4.13. The molecule has 9 heteroatoms. The molecule has 0 saturated carbocycles. The summed E-state index contributed by atoms with van der Waals surface area (Å²) < 4.78 is 63.1. The number of alkyl halides is 3. The maximum absolute atomic E-state index is 13.5. The van der Waals surface area contributed by atoms with Crippen molar-refractivity contribution in [3.63, 3.8) is 0 Å². The molecule has 1 aliphatic heterocycles. The van der Waals surface area contributed by atoms with Crippen LogP contribution in [0.4, 0.5) is 23.4 Å². The van der Waals surface area contributed by atoms with Crippen molar-refractivity contribution in [1.29, 1.82) is 0 Å². The Balaban J connectivity index is 1.50. The fourth-order valence-corrected chi connectivity index (χ4v) is 4.78. The summed E-state index contributed by atoms with van der Waals surface area (Å²) in [5.41, 5.74) is 1.86. The molecular formula is C26H19F4N3OS. The summed E-state index contributed by atoms with van der Waals surface area (Å²) in [5.74, 6) is 0.727. The van der Waals surface area contributed by atoms with E-state index >= 15 is 0 Å². The van der Waals surface area contributed by atoms with Gasteiger partial charge in [-0.1, -0.05) is 24.3 Å². The third-order valence-electron chi connectivity index (χ3n) is 5.79. The van der Waals surface area contributed by atoms with Gasteiger partial charge in [0.25, 0.3) is 0 Å². The van der Waals surface area contributed by atoms with Gasteiger partial charge in [0, 0.05) is 22.6 Å². The molecule has 1 unspecified atom stereocenters. The molecule has 0 bridgehead atoms. The summed E-state index contributed by atoms with van der Waals surface area (Å²) in [4.78, 5) is 8.91. The van der Waals surface area contributed by atoms with E-state index in [1.165, 1.54) is 48.6 Å². The molecule has 1 aliphatic rings. The van der Waals surface area contributed by atoms with Crippen LogP contribution in [-0.2, 0) is 6.18 Å². The predicted octanol–water partition coefficient (Wildman–Crippen LogP) is 7.34. The number of ether oxygens (including phenoxy) is 1. The van der Waals surface area contributed by atoms with Crippen LogP contribution in [0, 0.1) is 5.82 Å². The van der Waals surface area contributed by atoms with Crippen LogP contribution in [0.3, 0.4) is 0 Å². The molecule has 0 aliphatic carbocycles. The van der Waals surface area contributed by atoms with Gasteiger partial charge in [-0.25, -0.2) is 14.4 Å². The van der Waals surface area contributed by atoms with Crippen molar-refractivity contribution in [3.05, 3.63) is 102 Å². The number of benzene rings is 3. The molecule has 35 heavy (non-hydrogen) atoms. The van der Waals surface area contributed by atoms with Crippen LogP contribution in [0.1, 0.15) is 29.0 Å². The molecule has 4 nitrogen and oxygen atoms in total. The highest BCUT2D eigenvalue weighted by Crippen LogP contribution is 2.44. The molecule has 2 heterocycles. The van der Waals surface area contributed by atoms with Gasteiger partial charge in [-0.2, -0.15) is 13.2 Å². The first-order valence-electron chi connectivity index (χ1n) is 10.8. The first kappa shape index (κ1) is 23.2.